The van der Waals surface area contributed by atoms with Crippen LogP contribution in [0.5, 0.6) is 5.75 Å². The molecule has 0 atom stereocenters. The normalized spacial score (nSPS) is 16.6. The molecule has 3 aromatic rings. The van der Waals surface area contributed by atoms with E-state index in [-0.39, 0.29) is 6.10 Å². The Labute approximate surface area is 284 Å². The number of nitrogens with zero attached hydrogens (tertiary/aromatic N) is 3. The molecule has 2 fully saturated rings. The molecule has 2 aliphatic rings. The first-order valence-electron chi connectivity index (χ1n) is 15.3. The van der Waals surface area contributed by atoms with Crippen molar-refractivity contribution in [2.24, 2.45) is 5.34 Å². The standard InChI is InChI=1S/C21H27N2.C14H19NO3S.2ClH.Ru/c1-14-9-16(3)20(17(4)10-14)22-7-8-23(13-22)21-18(5)11-15(2)12-19(21)6;1-11(2)17-14-7-6-13(10-12(14)3)19(18-15-16)8-4-5-9-19;;;/h9-13H,7-8H2,1-6H3;3,6-7,10-11H,4-5,8-9H2,1-2H3;2*1H;/q-1;;;;+2/p-2. The fourth-order valence-corrected chi connectivity index (χ4v) is 11.4. The maximum Gasteiger partial charge on any atom is 0.0146 e. The Kier molecular flexibility index (Phi) is 12.4. The van der Waals surface area contributed by atoms with Gasteiger partial charge in [-0.05, 0) is 63.8 Å². The van der Waals surface area contributed by atoms with Crippen molar-refractivity contribution >= 4 is 45.7 Å². The fraction of sp³-hybridized carbons (Fsp3) is 0.429. The van der Waals surface area contributed by atoms with E-state index in [1.165, 1.54) is 44.8 Å². The molecular formula is C35H46Cl2N3O3RuS-. The van der Waals surface area contributed by atoms with Crippen molar-refractivity contribution in [2.45, 2.75) is 79.2 Å². The Balaban J connectivity index is 0.000000205. The maximum absolute atomic E-state index is 10.7. The Morgan fingerprint density at radius 1 is 0.844 bits per heavy atom. The second-order valence-corrected chi connectivity index (χ2v) is 21.0. The molecule has 0 bridgehead atoms. The molecule has 0 saturated carbocycles. The number of hydrogen-bond acceptors (Lipinski definition) is 6. The quantitative estimate of drug-likeness (QED) is 0.0991. The maximum atomic E-state index is 10.7. The van der Waals surface area contributed by atoms with Gasteiger partial charge in [0.15, 0.2) is 0 Å². The molecule has 2 aliphatic heterocycles. The molecule has 2 saturated heterocycles. The average molecular weight is 761 g/mol. The molecule has 0 unspecified atom stereocenters. The molecule has 10 heteroatoms. The molecule has 0 N–H and O–H groups in total. The summed E-state index contributed by atoms with van der Waals surface area (Å²) in [5.74, 6) is 2.49. The summed E-state index contributed by atoms with van der Waals surface area (Å²) < 4.78 is 13.0. The van der Waals surface area contributed by atoms with Crippen LogP contribution in [-0.4, -0.2) is 35.3 Å². The third-order valence-corrected chi connectivity index (χ3v) is 13.2. The van der Waals surface area contributed by atoms with E-state index < -0.39 is 23.8 Å². The predicted molar refractivity (Wildman–Crippen MR) is 191 cm³/mol. The van der Waals surface area contributed by atoms with Crippen LogP contribution in [0.2, 0.25) is 0 Å². The molecule has 45 heavy (non-hydrogen) atoms. The Morgan fingerprint density at radius 2 is 1.33 bits per heavy atom. The van der Waals surface area contributed by atoms with Crippen molar-refractivity contribution in [2.75, 3.05) is 34.4 Å². The van der Waals surface area contributed by atoms with E-state index >= 15 is 0 Å². The van der Waals surface area contributed by atoms with E-state index in [1.807, 2.05) is 36.7 Å². The molecule has 248 valence electrons. The van der Waals surface area contributed by atoms with E-state index in [1.54, 1.807) is 0 Å². The van der Waals surface area contributed by atoms with Gasteiger partial charge in [0, 0.05) is 24.5 Å². The summed E-state index contributed by atoms with van der Waals surface area (Å²) in [4.78, 5) is 16.5. The van der Waals surface area contributed by atoms with E-state index in [2.05, 4.69) is 87.6 Å². The predicted octanol–water partition coefficient (Wildman–Crippen LogP) is 10.1. The summed E-state index contributed by atoms with van der Waals surface area (Å²) >= 11 is -1.98. The summed E-state index contributed by atoms with van der Waals surface area (Å²) in [5.41, 5.74) is 11.7. The van der Waals surface area contributed by atoms with E-state index in [0.29, 0.717) is 0 Å². The number of aryl methyl sites for hydroxylation is 6. The fourth-order valence-electron chi connectivity index (χ4n) is 6.56. The third kappa shape index (κ3) is 8.83. The summed E-state index contributed by atoms with van der Waals surface area (Å²) in [5, 5.41) is 2.73. The minimum atomic E-state index is -1.98. The first kappa shape index (κ1) is 35.7. The van der Waals surface area contributed by atoms with Gasteiger partial charge >= 0.3 is 146 Å². The zero-order valence-electron chi connectivity index (χ0n) is 27.6. The summed E-state index contributed by atoms with van der Waals surface area (Å²) in [6.07, 6.45) is 2.16. The van der Waals surface area contributed by atoms with Crippen molar-refractivity contribution in [3.8, 4) is 5.75 Å². The van der Waals surface area contributed by atoms with Crippen LogP contribution in [-0.2, 0) is 17.8 Å². The molecule has 0 aromatic heterocycles. The second-order valence-electron chi connectivity index (χ2n) is 12.2. The van der Waals surface area contributed by atoms with E-state index in [9.17, 15) is 4.91 Å². The number of halogens is 2. The van der Waals surface area contributed by atoms with Crippen LogP contribution in [0.15, 0.2) is 52.7 Å². The van der Waals surface area contributed by atoms with Crippen LogP contribution in [0.3, 0.4) is 0 Å². The van der Waals surface area contributed by atoms with Gasteiger partial charge in [0.05, 0.1) is 0 Å². The third-order valence-electron chi connectivity index (χ3n) is 8.04. The van der Waals surface area contributed by atoms with Gasteiger partial charge in [0.1, 0.15) is 0 Å². The average Bonchev–Trinajstić information content (AvgIpc) is 3.60. The van der Waals surface area contributed by atoms with E-state index in [4.69, 9.17) is 28.4 Å². The topological polar surface area (TPSA) is 54.4 Å². The van der Waals surface area contributed by atoms with Crippen molar-refractivity contribution < 1.29 is 22.5 Å². The molecular weight excluding hydrogens is 714 g/mol. The van der Waals surface area contributed by atoms with Crippen LogP contribution in [0.1, 0.15) is 65.6 Å². The van der Waals surface area contributed by atoms with Gasteiger partial charge in [0.2, 0.25) is 0 Å². The summed E-state index contributed by atoms with van der Waals surface area (Å²) in [7, 11) is 10.4. The zero-order chi connectivity index (χ0) is 32.9. The van der Waals surface area contributed by atoms with Gasteiger partial charge in [0.25, 0.3) is 0 Å². The monoisotopic (exact) mass is 760 g/mol. The van der Waals surface area contributed by atoms with Gasteiger partial charge in [-0.25, -0.2) is 0 Å². The SMILES string of the molecule is CC(C)Oc1ccc(S2(ON=O)CCCC2)cc1[CH]=[Ru]([Cl])[Cl].Cc1cc(C)c(N2[CH-]N(c3c(C)cc(C)cc3C)CC2)c(C)c1. The largest absolute Gasteiger partial charge is 0.502 e. The minimum Gasteiger partial charge on any atom is -0.502 e. The van der Waals surface area contributed by atoms with Gasteiger partial charge in [-0.2, -0.15) is 6.67 Å². The van der Waals surface area contributed by atoms with Crippen molar-refractivity contribution in [1.29, 1.82) is 0 Å². The number of anilines is 2. The number of hydrogen-bond donors (Lipinski definition) is 0. The van der Waals surface area contributed by atoms with E-state index in [0.717, 1.165) is 53.6 Å². The van der Waals surface area contributed by atoms with Crippen LogP contribution in [0.4, 0.5) is 11.4 Å². The number of ether oxygens (including phenoxy) is 1. The molecule has 0 radical (unpaired) electrons. The number of benzene rings is 3. The van der Waals surface area contributed by atoms with Crippen LogP contribution in [0.25, 0.3) is 0 Å². The van der Waals surface area contributed by atoms with Gasteiger partial charge in [-0.3, -0.25) is 0 Å². The second kappa shape index (κ2) is 15.6. The Hall–Kier alpha value is -2.12. The van der Waals surface area contributed by atoms with Gasteiger partial charge in [-0.15, -0.1) is 0 Å². The summed E-state index contributed by atoms with van der Waals surface area (Å²) in [6.45, 7) is 21.5. The van der Waals surface area contributed by atoms with Crippen LogP contribution >= 0.6 is 29.7 Å². The molecule has 5 rings (SSSR count). The van der Waals surface area contributed by atoms with Crippen LogP contribution in [0, 0.1) is 53.1 Å². The molecule has 0 amide bonds. The molecule has 6 nitrogen and oxygen atoms in total. The van der Waals surface area contributed by atoms with Crippen molar-refractivity contribution in [1.82, 2.24) is 0 Å². The molecule has 0 aliphatic carbocycles. The van der Waals surface area contributed by atoms with Crippen LogP contribution < -0.4 is 14.5 Å². The molecule has 3 aromatic carbocycles. The number of rotatable bonds is 8. The summed E-state index contributed by atoms with van der Waals surface area (Å²) in [6, 6.07) is 15.0. The minimum absolute atomic E-state index is 0.0602. The Bertz CT molecular complexity index is 1450. The zero-order valence-corrected chi connectivity index (χ0v) is 31.7. The van der Waals surface area contributed by atoms with Gasteiger partial charge < -0.3 is 9.80 Å². The first-order valence-corrected chi connectivity index (χ1v) is 22.7. The molecule has 2 heterocycles. The Morgan fingerprint density at radius 3 is 1.76 bits per heavy atom. The van der Waals surface area contributed by atoms with Crippen molar-refractivity contribution in [3.05, 3.63) is 93.0 Å². The van der Waals surface area contributed by atoms with Gasteiger partial charge in [-0.1, -0.05) is 35.4 Å². The first-order chi connectivity index (χ1) is 21.3. The van der Waals surface area contributed by atoms with Crippen molar-refractivity contribution in [3.63, 3.8) is 0 Å². The molecule has 0 spiro atoms. The smallest absolute Gasteiger partial charge is 0.0146 e.